The number of hydrogen-bond donors (Lipinski definition) is 1. The Morgan fingerprint density at radius 3 is 2.21 bits per heavy atom. The smallest absolute Gasteiger partial charge is 0.257 e. The average Bonchev–Trinajstić information content (AvgIpc) is 3.38. The van der Waals surface area contributed by atoms with E-state index < -0.39 is 5.54 Å². The molecule has 3 rings (SSSR count). The fourth-order valence-electron chi connectivity index (χ4n) is 2.92. The quantitative estimate of drug-likeness (QED) is 0.866. The second-order valence-electron chi connectivity index (χ2n) is 6.31. The number of hydrogen-bond acceptors (Lipinski definition) is 5. The molecule has 1 aliphatic carbocycles. The van der Waals surface area contributed by atoms with Gasteiger partial charge in [0.05, 0.1) is 25.3 Å². The molecule has 7 heteroatoms. The molecule has 1 saturated heterocycles. The van der Waals surface area contributed by atoms with Crippen molar-refractivity contribution in [3.63, 3.8) is 0 Å². The number of nitrogens with zero attached hydrogens (tertiary/aromatic N) is 2. The summed E-state index contributed by atoms with van der Waals surface area (Å²) in [6.45, 7) is 2.02. The summed E-state index contributed by atoms with van der Waals surface area (Å²) in [5, 5.41) is 0. The highest BCUT2D eigenvalue weighted by Crippen LogP contribution is 2.34. The first-order valence-electron chi connectivity index (χ1n) is 8.08. The largest absolute Gasteiger partial charge is 0.497 e. The lowest BCUT2D eigenvalue weighted by Gasteiger charge is -2.36. The zero-order valence-corrected chi connectivity index (χ0v) is 14.1. The van der Waals surface area contributed by atoms with Crippen molar-refractivity contribution in [1.82, 2.24) is 9.80 Å². The van der Waals surface area contributed by atoms with Crippen LogP contribution in [0.4, 0.5) is 0 Å². The lowest BCUT2D eigenvalue weighted by Crippen LogP contribution is -2.55. The van der Waals surface area contributed by atoms with Crippen LogP contribution in [0.25, 0.3) is 0 Å². The van der Waals surface area contributed by atoms with Gasteiger partial charge >= 0.3 is 0 Å². The molecule has 0 radical (unpaired) electrons. The lowest BCUT2D eigenvalue weighted by atomic mass is 10.1. The number of carbonyl (C=O) groups is 2. The number of methoxy groups -OCH3 is 2. The van der Waals surface area contributed by atoms with Gasteiger partial charge in [-0.05, 0) is 25.0 Å². The molecule has 2 N–H and O–H groups in total. The number of rotatable bonds is 4. The zero-order valence-electron chi connectivity index (χ0n) is 14.1. The molecule has 24 heavy (non-hydrogen) atoms. The highest BCUT2D eigenvalue weighted by molar-refractivity contribution is 5.97. The first-order chi connectivity index (χ1) is 11.5. The molecule has 1 aromatic rings. The summed E-state index contributed by atoms with van der Waals surface area (Å²) in [6, 6.07) is 5.13. The summed E-state index contributed by atoms with van der Waals surface area (Å²) in [5.74, 6) is 1.03. The molecular formula is C17H23N3O4. The molecule has 1 heterocycles. The topological polar surface area (TPSA) is 85.1 Å². The normalized spacial score (nSPS) is 19.0. The molecule has 130 valence electrons. The van der Waals surface area contributed by atoms with E-state index in [9.17, 15) is 9.59 Å². The van der Waals surface area contributed by atoms with E-state index >= 15 is 0 Å². The first kappa shape index (κ1) is 16.6. The minimum atomic E-state index is -0.647. The Hall–Kier alpha value is -2.28. The molecule has 2 aliphatic rings. The monoisotopic (exact) mass is 333 g/mol. The van der Waals surface area contributed by atoms with E-state index in [2.05, 4.69) is 0 Å². The van der Waals surface area contributed by atoms with Crippen molar-refractivity contribution in [2.75, 3.05) is 40.4 Å². The number of ether oxygens (including phenoxy) is 2. The van der Waals surface area contributed by atoms with Gasteiger partial charge in [0.25, 0.3) is 5.91 Å². The van der Waals surface area contributed by atoms with Crippen LogP contribution in [0.5, 0.6) is 11.5 Å². The maximum Gasteiger partial charge on any atom is 0.257 e. The van der Waals surface area contributed by atoms with E-state index in [4.69, 9.17) is 15.2 Å². The van der Waals surface area contributed by atoms with Crippen LogP contribution in [-0.2, 0) is 4.79 Å². The van der Waals surface area contributed by atoms with Crippen LogP contribution < -0.4 is 15.2 Å². The zero-order chi connectivity index (χ0) is 17.3. The fraction of sp³-hybridized carbons (Fsp3) is 0.529. The van der Waals surface area contributed by atoms with Crippen LogP contribution in [0, 0.1) is 0 Å². The Morgan fingerprint density at radius 2 is 1.67 bits per heavy atom. The molecule has 1 aliphatic heterocycles. The van der Waals surface area contributed by atoms with Gasteiger partial charge in [-0.15, -0.1) is 0 Å². The Morgan fingerprint density at radius 1 is 1.04 bits per heavy atom. The minimum absolute atomic E-state index is 0.0108. The third-order valence-corrected chi connectivity index (χ3v) is 4.71. The predicted octanol–water partition coefficient (Wildman–Crippen LogP) is 0.480. The van der Waals surface area contributed by atoms with Crippen molar-refractivity contribution in [3.8, 4) is 11.5 Å². The summed E-state index contributed by atoms with van der Waals surface area (Å²) in [5.41, 5.74) is 5.82. The number of nitrogens with two attached hydrogens (primary N) is 1. The molecule has 2 fully saturated rings. The van der Waals surface area contributed by atoms with Gasteiger partial charge in [-0.1, -0.05) is 0 Å². The van der Waals surface area contributed by atoms with E-state index in [1.165, 1.54) is 7.11 Å². The molecule has 0 spiro atoms. The lowest BCUT2D eigenvalue weighted by molar-refractivity contribution is -0.135. The van der Waals surface area contributed by atoms with Crippen LogP contribution in [0.2, 0.25) is 0 Å². The Kier molecular flexibility index (Phi) is 4.36. The minimum Gasteiger partial charge on any atom is -0.497 e. The predicted molar refractivity (Wildman–Crippen MR) is 88.2 cm³/mol. The third-order valence-electron chi connectivity index (χ3n) is 4.71. The highest BCUT2D eigenvalue weighted by atomic mass is 16.5. The number of benzene rings is 1. The number of piperazine rings is 1. The van der Waals surface area contributed by atoms with E-state index in [0.29, 0.717) is 43.2 Å². The standard InChI is InChI=1S/C17H23N3O4/c1-23-12-3-4-13(14(11-12)24-2)15(21)19-7-9-20(10-8-19)16(22)17(18)5-6-17/h3-4,11H,5-10,18H2,1-2H3. The van der Waals surface area contributed by atoms with E-state index in [-0.39, 0.29) is 11.8 Å². The van der Waals surface area contributed by atoms with E-state index in [1.807, 2.05) is 0 Å². The van der Waals surface area contributed by atoms with E-state index in [0.717, 1.165) is 12.8 Å². The van der Waals surface area contributed by atoms with Crippen LogP contribution in [0.1, 0.15) is 23.2 Å². The summed E-state index contributed by atoms with van der Waals surface area (Å²) < 4.78 is 10.5. The highest BCUT2D eigenvalue weighted by Gasteiger charge is 2.48. The molecule has 1 aromatic carbocycles. The molecule has 2 amide bonds. The fourth-order valence-corrected chi connectivity index (χ4v) is 2.92. The van der Waals surface area contributed by atoms with Crippen molar-refractivity contribution < 1.29 is 19.1 Å². The van der Waals surface area contributed by atoms with Gasteiger partial charge in [0.2, 0.25) is 5.91 Å². The van der Waals surface area contributed by atoms with Gasteiger partial charge in [0, 0.05) is 32.2 Å². The van der Waals surface area contributed by atoms with Gasteiger partial charge in [0.15, 0.2) is 0 Å². The maximum absolute atomic E-state index is 12.7. The number of carbonyl (C=O) groups excluding carboxylic acids is 2. The van der Waals surface area contributed by atoms with Crippen LogP contribution >= 0.6 is 0 Å². The molecular weight excluding hydrogens is 310 g/mol. The summed E-state index contributed by atoms with van der Waals surface area (Å²) >= 11 is 0. The summed E-state index contributed by atoms with van der Waals surface area (Å²) in [4.78, 5) is 28.5. The Bertz CT molecular complexity index is 649. The second-order valence-corrected chi connectivity index (χ2v) is 6.31. The van der Waals surface area contributed by atoms with Crippen molar-refractivity contribution in [2.45, 2.75) is 18.4 Å². The average molecular weight is 333 g/mol. The van der Waals surface area contributed by atoms with Gasteiger partial charge in [-0.3, -0.25) is 9.59 Å². The second kappa shape index (κ2) is 6.32. The molecule has 0 bridgehead atoms. The van der Waals surface area contributed by atoms with Gasteiger partial charge < -0.3 is 25.0 Å². The van der Waals surface area contributed by atoms with Crippen molar-refractivity contribution in [1.29, 1.82) is 0 Å². The van der Waals surface area contributed by atoms with E-state index in [1.54, 1.807) is 35.1 Å². The summed E-state index contributed by atoms with van der Waals surface area (Å²) in [7, 11) is 3.09. The van der Waals surface area contributed by atoms with Crippen molar-refractivity contribution in [3.05, 3.63) is 23.8 Å². The molecule has 1 saturated carbocycles. The molecule has 0 unspecified atom stereocenters. The first-order valence-corrected chi connectivity index (χ1v) is 8.08. The van der Waals surface area contributed by atoms with Crippen molar-refractivity contribution >= 4 is 11.8 Å². The van der Waals surface area contributed by atoms with Crippen LogP contribution in [-0.4, -0.2) is 67.6 Å². The molecule has 0 aromatic heterocycles. The molecule has 7 nitrogen and oxygen atoms in total. The van der Waals surface area contributed by atoms with Gasteiger partial charge in [-0.2, -0.15) is 0 Å². The Labute approximate surface area is 141 Å². The van der Waals surface area contributed by atoms with Gasteiger partial charge in [-0.25, -0.2) is 0 Å². The SMILES string of the molecule is COc1ccc(C(=O)N2CCN(C(=O)C3(N)CC3)CC2)c(OC)c1. The summed E-state index contributed by atoms with van der Waals surface area (Å²) in [6.07, 6.45) is 1.52. The Balaban J connectivity index is 1.66. The van der Waals surface area contributed by atoms with Crippen LogP contribution in [0.15, 0.2) is 18.2 Å². The maximum atomic E-state index is 12.7. The van der Waals surface area contributed by atoms with Gasteiger partial charge in [0.1, 0.15) is 11.5 Å². The van der Waals surface area contributed by atoms with Crippen LogP contribution in [0.3, 0.4) is 0 Å². The van der Waals surface area contributed by atoms with Crippen molar-refractivity contribution in [2.24, 2.45) is 5.73 Å². The third kappa shape index (κ3) is 3.03. The number of amides is 2. The molecule has 0 atom stereocenters.